The first-order valence-electron chi connectivity index (χ1n) is 11.1. The molecule has 1 aliphatic heterocycles. The van der Waals surface area contributed by atoms with Crippen molar-refractivity contribution in [1.29, 1.82) is 5.26 Å². The van der Waals surface area contributed by atoms with E-state index < -0.39 is 12.1 Å². The Bertz CT molecular complexity index is 1070. The summed E-state index contributed by atoms with van der Waals surface area (Å²) in [7, 11) is 3.14. The minimum Gasteiger partial charge on any atom is -0.472 e. The van der Waals surface area contributed by atoms with Gasteiger partial charge in [0.05, 0.1) is 30.8 Å². The van der Waals surface area contributed by atoms with Crippen molar-refractivity contribution in [2.24, 2.45) is 5.92 Å². The first kappa shape index (κ1) is 25.1. The number of nitrogens with zero attached hydrogens (tertiary/aromatic N) is 4. The monoisotopic (exact) mass is 466 g/mol. The van der Waals surface area contributed by atoms with Crippen LogP contribution in [0.25, 0.3) is 11.1 Å². The van der Waals surface area contributed by atoms with Crippen LogP contribution >= 0.6 is 0 Å². The lowest BCUT2D eigenvalue weighted by Gasteiger charge is -2.37. The number of pyridine rings is 1. The fraction of sp³-hybridized carbons (Fsp3) is 0.440. The first-order chi connectivity index (χ1) is 16.3. The van der Waals surface area contributed by atoms with Crippen LogP contribution in [0.4, 0.5) is 0 Å². The molecule has 0 radical (unpaired) electrons. The Labute approximate surface area is 199 Å². The van der Waals surface area contributed by atoms with Crippen molar-refractivity contribution < 1.29 is 24.2 Å². The number of likely N-dealkylation sites (N-methyl/N-ethyl adjacent to an activating group) is 1. The van der Waals surface area contributed by atoms with Crippen molar-refractivity contribution in [1.82, 2.24) is 14.8 Å². The molecule has 2 aromatic rings. The molecular weight excluding hydrogens is 436 g/mol. The van der Waals surface area contributed by atoms with Crippen molar-refractivity contribution in [3.8, 4) is 23.1 Å². The van der Waals surface area contributed by atoms with Gasteiger partial charge in [-0.05, 0) is 30.7 Å². The van der Waals surface area contributed by atoms with Gasteiger partial charge >= 0.3 is 0 Å². The number of benzene rings is 1. The van der Waals surface area contributed by atoms with Gasteiger partial charge in [-0.25, -0.2) is 4.98 Å². The Morgan fingerprint density at radius 1 is 1.38 bits per heavy atom. The maximum absolute atomic E-state index is 13.5. The zero-order chi connectivity index (χ0) is 24.8. The zero-order valence-corrected chi connectivity index (χ0v) is 19.9. The number of aliphatic hydroxyl groups is 1. The van der Waals surface area contributed by atoms with Crippen LogP contribution in [0.5, 0.6) is 5.88 Å². The normalized spacial score (nSPS) is 18.7. The van der Waals surface area contributed by atoms with Gasteiger partial charge in [0.1, 0.15) is 18.3 Å². The molecule has 1 N–H and O–H groups in total. The Hall–Kier alpha value is -3.48. The first-order valence-corrected chi connectivity index (χ1v) is 11.1. The highest BCUT2D eigenvalue weighted by Gasteiger charge is 2.34. The van der Waals surface area contributed by atoms with Crippen molar-refractivity contribution in [2.75, 3.05) is 40.5 Å². The SMILES string of the molecule is COCC(=O)N(C)C[C@@H]1Oc2ncc(-c3ccc(C#N)cc3)cc2C(=O)N([C@@H](C)CO)C[C@@H]1C. The molecule has 0 fully saturated rings. The van der Waals surface area contributed by atoms with Gasteiger partial charge in [0.15, 0.2) is 0 Å². The van der Waals surface area contributed by atoms with E-state index in [1.54, 1.807) is 60.3 Å². The fourth-order valence-electron chi connectivity index (χ4n) is 3.82. The zero-order valence-electron chi connectivity index (χ0n) is 19.9. The number of aromatic nitrogens is 1. The molecule has 0 saturated heterocycles. The summed E-state index contributed by atoms with van der Waals surface area (Å²) < 4.78 is 11.2. The number of nitriles is 1. The largest absolute Gasteiger partial charge is 0.472 e. The lowest BCUT2D eigenvalue weighted by molar-refractivity contribution is -0.135. The van der Waals surface area contributed by atoms with Crippen LogP contribution in [0, 0.1) is 17.2 Å². The Morgan fingerprint density at radius 2 is 2.09 bits per heavy atom. The topological polar surface area (TPSA) is 116 Å². The number of fused-ring (bicyclic) bond motifs is 1. The smallest absolute Gasteiger partial charge is 0.259 e. The third kappa shape index (κ3) is 5.53. The minimum absolute atomic E-state index is 0.0352. The number of hydrogen-bond donors (Lipinski definition) is 1. The lowest BCUT2D eigenvalue weighted by Crippen LogP contribution is -2.50. The van der Waals surface area contributed by atoms with Gasteiger partial charge in [-0.15, -0.1) is 0 Å². The quantitative estimate of drug-likeness (QED) is 0.663. The minimum atomic E-state index is -0.431. The summed E-state index contributed by atoms with van der Waals surface area (Å²) in [5.74, 6) is -0.416. The van der Waals surface area contributed by atoms with Crippen LogP contribution in [0.2, 0.25) is 0 Å². The van der Waals surface area contributed by atoms with E-state index in [0.29, 0.717) is 17.7 Å². The maximum atomic E-state index is 13.5. The van der Waals surface area contributed by atoms with E-state index in [9.17, 15) is 14.7 Å². The van der Waals surface area contributed by atoms with Gasteiger partial charge in [-0.1, -0.05) is 19.1 Å². The molecule has 0 saturated carbocycles. The molecule has 1 aliphatic rings. The molecule has 3 rings (SSSR count). The summed E-state index contributed by atoms with van der Waals surface area (Å²) in [5, 5.41) is 18.8. The van der Waals surface area contributed by atoms with Crippen LogP contribution in [-0.4, -0.2) is 84.3 Å². The molecule has 1 aromatic carbocycles. The number of hydrogen-bond acceptors (Lipinski definition) is 7. The highest BCUT2D eigenvalue weighted by Crippen LogP contribution is 2.30. The fourth-order valence-corrected chi connectivity index (χ4v) is 3.82. The molecule has 0 unspecified atom stereocenters. The highest BCUT2D eigenvalue weighted by atomic mass is 16.5. The van der Waals surface area contributed by atoms with Gasteiger partial charge in [-0.2, -0.15) is 5.26 Å². The van der Waals surface area contributed by atoms with Gasteiger partial charge in [0, 0.05) is 38.4 Å². The average molecular weight is 467 g/mol. The second-order valence-electron chi connectivity index (χ2n) is 8.60. The Morgan fingerprint density at radius 3 is 2.71 bits per heavy atom. The van der Waals surface area contributed by atoms with Crippen LogP contribution in [-0.2, 0) is 9.53 Å². The summed E-state index contributed by atoms with van der Waals surface area (Å²) in [6.45, 7) is 4.14. The van der Waals surface area contributed by atoms with E-state index in [-0.39, 0.29) is 48.9 Å². The van der Waals surface area contributed by atoms with E-state index in [1.165, 1.54) is 7.11 Å². The van der Waals surface area contributed by atoms with Crippen molar-refractivity contribution in [2.45, 2.75) is 26.0 Å². The molecule has 3 atom stereocenters. The van der Waals surface area contributed by atoms with Crippen LogP contribution in [0.1, 0.15) is 29.8 Å². The third-order valence-electron chi connectivity index (χ3n) is 6.02. The number of carbonyl (C=O) groups excluding carboxylic acids is 2. The predicted molar refractivity (Wildman–Crippen MR) is 125 cm³/mol. The lowest BCUT2D eigenvalue weighted by atomic mass is 9.99. The molecule has 0 spiro atoms. The van der Waals surface area contributed by atoms with Gasteiger partial charge < -0.3 is 24.4 Å². The van der Waals surface area contributed by atoms with Crippen molar-refractivity contribution in [3.63, 3.8) is 0 Å². The van der Waals surface area contributed by atoms with E-state index in [0.717, 1.165) is 5.56 Å². The molecule has 0 bridgehead atoms. The maximum Gasteiger partial charge on any atom is 0.259 e. The summed E-state index contributed by atoms with van der Waals surface area (Å²) in [6.07, 6.45) is 1.19. The van der Waals surface area contributed by atoms with Crippen LogP contribution < -0.4 is 4.74 Å². The Balaban J connectivity index is 2.00. The van der Waals surface area contributed by atoms with Crippen LogP contribution in [0.15, 0.2) is 36.5 Å². The summed E-state index contributed by atoms with van der Waals surface area (Å²) in [4.78, 5) is 33.4. The number of carbonyl (C=O) groups is 2. The molecule has 2 heterocycles. The average Bonchev–Trinajstić information content (AvgIpc) is 2.85. The molecular formula is C25H30N4O5. The van der Waals surface area contributed by atoms with E-state index in [1.807, 2.05) is 6.92 Å². The van der Waals surface area contributed by atoms with Crippen molar-refractivity contribution >= 4 is 11.8 Å². The summed E-state index contributed by atoms with van der Waals surface area (Å²) in [5.41, 5.74) is 2.33. The number of aliphatic hydroxyl groups excluding tert-OH is 1. The number of rotatable bonds is 7. The molecule has 1 aromatic heterocycles. The van der Waals surface area contributed by atoms with E-state index in [4.69, 9.17) is 14.7 Å². The highest BCUT2D eigenvalue weighted by molar-refractivity contribution is 5.98. The summed E-state index contributed by atoms with van der Waals surface area (Å²) in [6, 6.07) is 10.4. The number of methoxy groups -OCH3 is 1. The Kier molecular flexibility index (Phi) is 8.21. The number of amides is 2. The molecule has 2 amide bonds. The van der Waals surface area contributed by atoms with Crippen molar-refractivity contribution in [3.05, 3.63) is 47.7 Å². The third-order valence-corrected chi connectivity index (χ3v) is 6.02. The molecule has 9 heteroatoms. The van der Waals surface area contributed by atoms with Gasteiger partial charge in [0.25, 0.3) is 5.91 Å². The van der Waals surface area contributed by atoms with Gasteiger partial charge in [0.2, 0.25) is 11.8 Å². The summed E-state index contributed by atoms with van der Waals surface area (Å²) >= 11 is 0. The second-order valence-corrected chi connectivity index (χ2v) is 8.60. The second kappa shape index (κ2) is 11.1. The molecule has 0 aliphatic carbocycles. The molecule has 180 valence electrons. The van der Waals surface area contributed by atoms with E-state index >= 15 is 0 Å². The number of ether oxygens (including phenoxy) is 2. The predicted octanol–water partition coefficient (Wildman–Crippen LogP) is 1.95. The van der Waals surface area contributed by atoms with Gasteiger partial charge in [-0.3, -0.25) is 9.59 Å². The molecule has 9 nitrogen and oxygen atoms in total. The molecule has 34 heavy (non-hydrogen) atoms. The van der Waals surface area contributed by atoms with Crippen LogP contribution in [0.3, 0.4) is 0 Å². The standard InChI is InChI=1S/C25H30N4O5/c1-16-12-29(17(2)14-30)25(32)21-9-20(19-7-5-18(10-26)6-8-19)11-27-24(21)34-22(16)13-28(3)23(31)15-33-4/h5-9,11,16-17,22,30H,12-15H2,1-4H3/t16-,17-,22-/m0/s1. The van der Waals surface area contributed by atoms with E-state index in [2.05, 4.69) is 11.1 Å².